The lowest BCUT2D eigenvalue weighted by Gasteiger charge is -2.07. The van der Waals surface area contributed by atoms with Crippen molar-refractivity contribution in [2.75, 3.05) is 6.54 Å². The highest BCUT2D eigenvalue weighted by Gasteiger charge is 2.16. The molecular weight excluding hydrogens is 312 g/mol. The fraction of sp³-hybridized carbons (Fsp3) is 0.143. The van der Waals surface area contributed by atoms with Crippen LogP contribution in [0.15, 0.2) is 77.4 Å². The molecule has 0 aliphatic heterocycles. The minimum absolute atomic E-state index is 0.125. The average Bonchev–Trinajstić information content (AvgIpc) is 3.16. The van der Waals surface area contributed by atoms with Crippen molar-refractivity contribution in [3.8, 4) is 22.8 Å². The molecule has 25 heavy (non-hydrogen) atoms. The number of rotatable bonds is 6. The minimum atomic E-state index is -0.125. The zero-order chi connectivity index (χ0) is 17.5. The number of benzene rings is 2. The van der Waals surface area contributed by atoms with Crippen LogP contribution in [0.4, 0.5) is 0 Å². The first kappa shape index (κ1) is 16.7. The molecule has 0 spiro atoms. The first-order valence-corrected chi connectivity index (χ1v) is 8.29. The third kappa shape index (κ3) is 4.04. The summed E-state index contributed by atoms with van der Waals surface area (Å²) in [4.78, 5) is 16.8. The summed E-state index contributed by atoms with van der Waals surface area (Å²) in [5.41, 5.74) is 2.20. The summed E-state index contributed by atoms with van der Waals surface area (Å²) in [6.07, 6.45) is 6.48. The van der Waals surface area contributed by atoms with Gasteiger partial charge in [-0.1, -0.05) is 54.6 Å². The van der Waals surface area contributed by atoms with Crippen molar-refractivity contribution in [2.45, 2.75) is 13.3 Å². The number of hydrogen-bond donors (Lipinski definition) is 1. The fourth-order valence-electron chi connectivity index (χ4n) is 2.53. The van der Waals surface area contributed by atoms with Gasteiger partial charge >= 0.3 is 0 Å². The van der Waals surface area contributed by atoms with Gasteiger partial charge in [-0.05, 0) is 25.5 Å². The Morgan fingerprint density at radius 2 is 1.88 bits per heavy atom. The molecule has 4 heteroatoms. The SMILES string of the molecule is C/C=C/CCNC(=O)c1ccccc1-c1ncc(-c2ccccc2)o1. The normalized spacial score (nSPS) is 10.9. The van der Waals surface area contributed by atoms with E-state index in [2.05, 4.69) is 10.3 Å². The Balaban J connectivity index is 1.84. The maximum atomic E-state index is 12.5. The lowest BCUT2D eigenvalue weighted by atomic mass is 10.1. The highest BCUT2D eigenvalue weighted by atomic mass is 16.4. The monoisotopic (exact) mass is 332 g/mol. The van der Waals surface area contributed by atoms with E-state index in [-0.39, 0.29) is 5.91 Å². The van der Waals surface area contributed by atoms with E-state index >= 15 is 0 Å². The predicted octanol–water partition coefficient (Wildman–Crippen LogP) is 4.70. The molecular formula is C21H20N2O2. The van der Waals surface area contributed by atoms with E-state index in [1.54, 1.807) is 12.3 Å². The second kappa shape index (κ2) is 8.11. The van der Waals surface area contributed by atoms with Crippen molar-refractivity contribution >= 4 is 5.91 Å². The van der Waals surface area contributed by atoms with Crippen LogP contribution < -0.4 is 5.32 Å². The maximum Gasteiger partial charge on any atom is 0.252 e. The van der Waals surface area contributed by atoms with Crippen LogP contribution in [-0.2, 0) is 0 Å². The smallest absolute Gasteiger partial charge is 0.252 e. The van der Waals surface area contributed by atoms with E-state index in [4.69, 9.17) is 4.42 Å². The Labute approximate surface area is 147 Å². The molecule has 1 N–H and O–H groups in total. The van der Waals surface area contributed by atoms with E-state index in [1.807, 2.05) is 67.6 Å². The van der Waals surface area contributed by atoms with Crippen LogP contribution in [0.25, 0.3) is 22.8 Å². The van der Waals surface area contributed by atoms with Gasteiger partial charge in [-0.3, -0.25) is 4.79 Å². The van der Waals surface area contributed by atoms with Crippen LogP contribution in [0, 0.1) is 0 Å². The molecule has 0 bridgehead atoms. The number of carbonyl (C=O) groups excluding carboxylic acids is 1. The van der Waals surface area contributed by atoms with Crippen molar-refractivity contribution in [1.82, 2.24) is 10.3 Å². The number of oxazole rings is 1. The highest BCUT2D eigenvalue weighted by molar-refractivity contribution is 6.00. The van der Waals surface area contributed by atoms with Crippen LogP contribution in [0.2, 0.25) is 0 Å². The van der Waals surface area contributed by atoms with Crippen LogP contribution in [0.5, 0.6) is 0 Å². The van der Waals surface area contributed by atoms with Crippen molar-refractivity contribution in [2.24, 2.45) is 0 Å². The van der Waals surface area contributed by atoms with Gasteiger partial charge in [0.05, 0.1) is 11.8 Å². The molecule has 2 aromatic carbocycles. The number of nitrogens with zero attached hydrogens (tertiary/aromatic N) is 1. The molecule has 0 aliphatic carbocycles. The Morgan fingerprint density at radius 1 is 1.12 bits per heavy atom. The fourth-order valence-corrected chi connectivity index (χ4v) is 2.53. The van der Waals surface area contributed by atoms with E-state index in [0.717, 1.165) is 12.0 Å². The standard InChI is InChI=1S/C21H20N2O2/c1-2-3-9-14-22-20(24)17-12-7-8-13-18(17)21-23-15-19(25-21)16-10-5-4-6-11-16/h2-8,10-13,15H,9,14H2,1H3,(H,22,24)/b3-2+. The average molecular weight is 332 g/mol. The summed E-state index contributed by atoms with van der Waals surface area (Å²) in [6, 6.07) is 17.1. The number of allylic oxidation sites excluding steroid dienone is 1. The van der Waals surface area contributed by atoms with Gasteiger partial charge in [-0.25, -0.2) is 4.98 Å². The van der Waals surface area contributed by atoms with Crippen molar-refractivity contribution in [3.63, 3.8) is 0 Å². The highest BCUT2D eigenvalue weighted by Crippen LogP contribution is 2.28. The summed E-state index contributed by atoms with van der Waals surface area (Å²) in [7, 11) is 0. The number of aromatic nitrogens is 1. The maximum absolute atomic E-state index is 12.5. The zero-order valence-corrected chi connectivity index (χ0v) is 14.1. The second-order valence-electron chi connectivity index (χ2n) is 5.55. The topological polar surface area (TPSA) is 55.1 Å². The summed E-state index contributed by atoms with van der Waals surface area (Å²) >= 11 is 0. The lowest BCUT2D eigenvalue weighted by molar-refractivity contribution is 0.0955. The molecule has 1 amide bonds. The van der Waals surface area contributed by atoms with Crippen molar-refractivity contribution < 1.29 is 9.21 Å². The molecule has 4 nitrogen and oxygen atoms in total. The second-order valence-corrected chi connectivity index (χ2v) is 5.55. The molecule has 126 valence electrons. The molecule has 0 unspecified atom stereocenters. The Hall–Kier alpha value is -3.14. The van der Waals surface area contributed by atoms with E-state index < -0.39 is 0 Å². The zero-order valence-electron chi connectivity index (χ0n) is 14.1. The Kier molecular flexibility index (Phi) is 5.42. The van der Waals surface area contributed by atoms with Gasteiger partial charge in [0, 0.05) is 17.7 Å². The van der Waals surface area contributed by atoms with E-state index in [0.29, 0.717) is 29.3 Å². The van der Waals surface area contributed by atoms with E-state index in [1.165, 1.54) is 0 Å². The molecule has 3 rings (SSSR count). The largest absolute Gasteiger partial charge is 0.436 e. The summed E-state index contributed by atoms with van der Waals surface area (Å²) in [5.74, 6) is 0.997. The third-order valence-electron chi connectivity index (χ3n) is 3.80. The molecule has 3 aromatic rings. The molecule has 0 radical (unpaired) electrons. The first-order valence-electron chi connectivity index (χ1n) is 8.29. The number of hydrogen-bond acceptors (Lipinski definition) is 3. The van der Waals surface area contributed by atoms with Crippen LogP contribution in [0.3, 0.4) is 0 Å². The summed E-state index contributed by atoms with van der Waals surface area (Å²) < 4.78 is 5.89. The van der Waals surface area contributed by atoms with E-state index in [9.17, 15) is 4.79 Å². The molecule has 0 fully saturated rings. The van der Waals surface area contributed by atoms with Gasteiger partial charge in [-0.15, -0.1) is 0 Å². The van der Waals surface area contributed by atoms with Gasteiger partial charge in [-0.2, -0.15) is 0 Å². The Bertz CT molecular complexity index is 866. The number of carbonyl (C=O) groups is 1. The number of amides is 1. The van der Waals surface area contributed by atoms with Gasteiger partial charge < -0.3 is 9.73 Å². The lowest BCUT2D eigenvalue weighted by Crippen LogP contribution is -2.24. The van der Waals surface area contributed by atoms with Crippen molar-refractivity contribution in [3.05, 3.63) is 78.5 Å². The van der Waals surface area contributed by atoms with Gasteiger partial charge in [0.2, 0.25) is 5.89 Å². The third-order valence-corrected chi connectivity index (χ3v) is 3.80. The Morgan fingerprint density at radius 3 is 2.68 bits per heavy atom. The minimum Gasteiger partial charge on any atom is -0.436 e. The van der Waals surface area contributed by atoms with Crippen molar-refractivity contribution in [1.29, 1.82) is 0 Å². The first-order chi connectivity index (χ1) is 12.3. The van der Waals surface area contributed by atoms with Crippen LogP contribution in [0.1, 0.15) is 23.7 Å². The quantitative estimate of drug-likeness (QED) is 0.525. The van der Waals surface area contributed by atoms with Gasteiger partial charge in [0.1, 0.15) is 0 Å². The molecule has 0 saturated carbocycles. The summed E-state index contributed by atoms with van der Waals surface area (Å²) in [6.45, 7) is 2.56. The van der Waals surface area contributed by atoms with Crippen LogP contribution in [-0.4, -0.2) is 17.4 Å². The molecule has 1 aromatic heterocycles. The summed E-state index contributed by atoms with van der Waals surface area (Å²) in [5, 5.41) is 2.92. The number of nitrogens with one attached hydrogen (secondary N) is 1. The molecule has 0 atom stereocenters. The van der Waals surface area contributed by atoms with Gasteiger partial charge in [0.15, 0.2) is 5.76 Å². The molecule has 0 aliphatic rings. The van der Waals surface area contributed by atoms with Crippen LogP contribution >= 0.6 is 0 Å². The molecule has 1 heterocycles. The predicted molar refractivity (Wildman–Crippen MR) is 99.1 cm³/mol. The van der Waals surface area contributed by atoms with Gasteiger partial charge in [0.25, 0.3) is 5.91 Å². The molecule has 0 saturated heterocycles.